The first kappa shape index (κ1) is 38.9. The Morgan fingerprint density at radius 1 is 0.860 bits per heavy atom. The highest BCUT2D eigenvalue weighted by Crippen LogP contribution is 2.52. The first-order valence-electron chi connectivity index (χ1n) is 15.6. The number of hydrogen-bond acceptors (Lipinski definition) is 9. The van der Waals surface area contributed by atoms with Crippen LogP contribution in [0, 0.1) is 20.8 Å². The van der Waals surface area contributed by atoms with Gasteiger partial charge in [-0.2, -0.15) is 0 Å². The molecule has 0 radical (unpaired) electrons. The van der Waals surface area contributed by atoms with Gasteiger partial charge in [-0.15, -0.1) is 12.4 Å². The molecule has 13 heteroatoms. The third kappa shape index (κ3) is 7.43. The van der Waals surface area contributed by atoms with Crippen molar-refractivity contribution >= 4 is 70.5 Å². The van der Waals surface area contributed by atoms with Crippen LogP contribution in [0.15, 0.2) is 42.5 Å². The molecular weight excluding hydrogens is 726 g/mol. The van der Waals surface area contributed by atoms with E-state index in [0.717, 1.165) is 37.4 Å². The number of rotatable bonds is 5. The van der Waals surface area contributed by atoms with E-state index in [1.165, 1.54) is 50.4 Å². The van der Waals surface area contributed by atoms with Crippen molar-refractivity contribution in [2.75, 3.05) is 39.2 Å². The van der Waals surface area contributed by atoms with Crippen LogP contribution in [-0.4, -0.2) is 61.3 Å². The molecule has 0 bridgehead atoms. The van der Waals surface area contributed by atoms with E-state index in [1.807, 2.05) is 6.07 Å². The molecule has 0 aromatic heterocycles. The van der Waals surface area contributed by atoms with Crippen LogP contribution in [0.1, 0.15) is 55.0 Å². The minimum Gasteiger partial charge on any atom is -0.507 e. The number of aryl methyl sites for hydroxylation is 2. The van der Waals surface area contributed by atoms with E-state index in [2.05, 4.69) is 60.3 Å². The number of anilines is 2. The fourth-order valence-electron chi connectivity index (χ4n) is 6.05. The largest absolute Gasteiger partial charge is 0.507 e. The minimum absolute atomic E-state index is 0. The number of esters is 2. The molecular formula is C37H38Cl4N2O7. The van der Waals surface area contributed by atoms with E-state index in [0.29, 0.717) is 0 Å². The summed E-state index contributed by atoms with van der Waals surface area (Å²) in [6, 6.07) is 15.1. The Hall–Kier alpha value is -3.86. The molecule has 266 valence electrons. The van der Waals surface area contributed by atoms with Crippen molar-refractivity contribution in [1.82, 2.24) is 4.90 Å². The van der Waals surface area contributed by atoms with Crippen molar-refractivity contribution in [3.05, 3.63) is 96.5 Å². The van der Waals surface area contributed by atoms with E-state index < -0.39 is 23.4 Å². The van der Waals surface area contributed by atoms with Crippen LogP contribution >= 0.6 is 47.2 Å². The van der Waals surface area contributed by atoms with Crippen LogP contribution in [0.3, 0.4) is 0 Å². The zero-order valence-electron chi connectivity index (χ0n) is 28.4. The SMILES string of the molecule is CN(C)CCCN1c2ccccc2CCc2ccc(Cl)cc21.COC(=O)c1c(C)c2c(c(C)c1O)OC(=O)c1c(C)c(Cl)c(O)c(Cl)c1O2.Cl. The molecule has 0 atom stereocenters. The van der Waals surface area contributed by atoms with Crippen molar-refractivity contribution < 1.29 is 34.0 Å². The smallest absolute Gasteiger partial charge is 0.347 e. The lowest BCUT2D eigenvalue weighted by atomic mass is 10.0. The Bertz CT molecular complexity index is 1970. The van der Waals surface area contributed by atoms with Gasteiger partial charge in [0.2, 0.25) is 0 Å². The van der Waals surface area contributed by atoms with Crippen LogP contribution in [0.2, 0.25) is 15.1 Å². The van der Waals surface area contributed by atoms with Crippen molar-refractivity contribution in [2.45, 2.75) is 40.0 Å². The van der Waals surface area contributed by atoms with Gasteiger partial charge in [0, 0.05) is 34.1 Å². The summed E-state index contributed by atoms with van der Waals surface area (Å²) < 4.78 is 15.9. The van der Waals surface area contributed by atoms with Gasteiger partial charge in [0.1, 0.15) is 21.9 Å². The van der Waals surface area contributed by atoms with Gasteiger partial charge in [-0.05, 0) is 95.6 Å². The Morgan fingerprint density at radius 3 is 2.16 bits per heavy atom. The number of carbonyl (C=O) groups is 2. The van der Waals surface area contributed by atoms with Gasteiger partial charge in [0.25, 0.3) is 0 Å². The highest BCUT2D eigenvalue weighted by molar-refractivity contribution is 6.39. The molecule has 0 spiro atoms. The number of aromatic hydroxyl groups is 2. The molecule has 4 aromatic carbocycles. The van der Waals surface area contributed by atoms with E-state index in [1.54, 1.807) is 0 Å². The highest BCUT2D eigenvalue weighted by Gasteiger charge is 2.35. The molecule has 9 nitrogen and oxygen atoms in total. The van der Waals surface area contributed by atoms with E-state index >= 15 is 0 Å². The Morgan fingerprint density at radius 2 is 1.50 bits per heavy atom. The molecule has 4 aromatic rings. The van der Waals surface area contributed by atoms with Crippen molar-refractivity contribution in [2.24, 2.45) is 0 Å². The van der Waals surface area contributed by atoms with Gasteiger partial charge in [-0.25, -0.2) is 9.59 Å². The fraction of sp³-hybridized carbons (Fsp3) is 0.297. The number of nitrogens with zero attached hydrogens (tertiary/aromatic N) is 2. The summed E-state index contributed by atoms with van der Waals surface area (Å²) in [7, 11) is 5.42. The third-order valence-electron chi connectivity index (χ3n) is 8.66. The molecule has 2 aliphatic rings. The maximum Gasteiger partial charge on any atom is 0.347 e. The summed E-state index contributed by atoms with van der Waals surface area (Å²) in [6.07, 6.45) is 3.30. The Kier molecular flexibility index (Phi) is 12.5. The van der Waals surface area contributed by atoms with E-state index in [-0.39, 0.29) is 67.5 Å². The number of carbonyl (C=O) groups excluding carboxylic acids is 2. The molecule has 2 N–H and O–H groups in total. The number of ether oxygens (including phenoxy) is 3. The second-order valence-corrected chi connectivity index (χ2v) is 13.3. The molecule has 0 unspecified atom stereocenters. The number of halogens is 4. The van der Waals surface area contributed by atoms with Crippen LogP contribution in [-0.2, 0) is 17.6 Å². The lowest BCUT2D eigenvalue weighted by Gasteiger charge is -2.27. The number of fused-ring (bicyclic) bond motifs is 4. The quantitative estimate of drug-likeness (QED) is 0.152. The highest BCUT2D eigenvalue weighted by atomic mass is 35.5. The number of phenols is 2. The molecule has 0 fully saturated rings. The average molecular weight is 765 g/mol. The summed E-state index contributed by atoms with van der Waals surface area (Å²) in [5, 5.41) is 20.9. The summed E-state index contributed by atoms with van der Waals surface area (Å²) in [6.45, 7) is 6.54. The lowest BCUT2D eigenvalue weighted by molar-refractivity contribution is 0.0596. The molecule has 6 rings (SSSR count). The van der Waals surface area contributed by atoms with Gasteiger partial charge in [0.15, 0.2) is 23.0 Å². The van der Waals surface area contributed by atoms with Gasteiger partial charge in [0.05, 0.1) is 12.1 Å². The predicted molar refractivity (Wildman–Crippen MR) is 200 cm³/mol. The van der Waals surface area contributed by atoms with Gasteiger partial charge < -0.3 is 34.2 Å². The number of phenolic OH excluding ortho intramolecular Hbond substituents is 2. The summed E-state index contributed by atoms with van der Waals surface area (Å²) in [4.78, 5) is 29.5. The molecule has 2 heterocycles. The average Bonchev–Trinajstić information content (AvgIpc) is 3.33. The number of benzene rings is 4. The van der Waals surface area contributed by atoms with Crippen LogP contribution in [0.5, 0.6) is 28.7 Å². The standard InChI is InChI=1S/C19H23ClN2.C18H14Cl2O7.ClH/c1-21(2)12-5-13-22-18-7-4-3-6-15(18)8-9-16-10-11-17(20)14-19(16)22;1-5-9-16(11(20)13(22)10(5)19)26-14-6(2)8(17(23)25-4)12(21)7(3)15(14)27-18(9)24;/h3-4,6-7,10-11,14H,5,8-9,12-13H2,1-2H3;21-22H,1-4H3;1H. The van der Waals surface area contributed by atoms with Crippen molar-refractivity contribution in [3.63, 3.8) is 0 Å². The zero-order valence-corrected chi connectivity index (χ0v) is 31.5. The molecule has 0 aliphatic carbocycles. The monoisotopic (exact) mass is 762 g/mol. The lowest BCUT2D eigenvalue weighted by Crippen LogP contribution is -2.24. The number of hydrogen-bond donors (Lipinski definition) is 2. The second kappa shape index (κ2) is 16.0. The molecule has 50 heavy (non-hydrogen) atoms. The maximum absolute atomic E-state index is 12.7. The van der Waals surface area contributed by atoms with Crippen LogP contribution < -0.4 is 14.4 Å². The minimum atomic E-state index is -0.835. The molecule has 0 amide bonds. The normalized spacial score (nSPS) is 12.8. The summed E-state index contributed by atoms with van der Waals surface area (Å²) in [5.41, 5.74) is 5.70. The number of methoxy groups -OCH3 is 1. The topological polar surface area (TPSA) is 109 Å². The number of para-hydroxylation sites is 1. The Labute approximate surface area is 312 Å². The Balaban J connectivity index is 0.000000225. The van der Waals surface area contributed by atoms with E-state index in [4.69, 9.17) is 49.0 Å². The molecule has 2 aliphatic heterocycles. The van der Waals surface area contributed by atoms with Crippen LogP contribution in [0.4, 0.5) is 11.4 Å². The first-order valence-corrected chi connectivity index (χ1v) is 16.7. The van der Waals surface area contributed by atoms with Crippen LogP contribution in [0.25, 0.3) is 0 Å². The zero-order chi connectivity index (χ0) is 35.7. The first-order chi connectivity index (χ1) is 23.3. The second-order valence-electron chi connectivity index (χ2n) is 12.1. The third-order valence-corrected chi connectivity index (χ3v) is 9.71. The molecule has 0 saturated carbocycles. The van der Waals surface area contributed by atoms with Crippen molar-refractivity contribution in [3.8, 4) is 28.7 Å². The van der Waals surface area contributed by atoms with Gasteiger partial charge in [-0.3, -0.25) is 0 Å². The van der Waals surface area contributed by atoms with Gasteiger partial charge >= 0.3 is 11.9 Å². The van der Waals surface area contributed by atoms with Crippen molar-refractivity contribution in [1.29, 1.82) is 0 Å². The van der Waals surface area contributed by atoms with E-state index in [9.17, 15) is 19.8 Å². The maximum atomic E-state index is 12.7. The summed E-state index contributed by atoms with van der Waals surface area (Å²) in [5.74, 6) is -2.74. The molecule has 0 saturated heterocycles. The summed E-state index contributed by atoms with van der Waals surface area (Å²) >= 11 is 18.4. The fourth-order valence-corrected chi connectivity index (χ4v) is 6.68. The van der Waals surface area contributed by atoms with Gasteiger partial charge in [-0.1, -0.05) is 59.1 Å². The predicted octanol–water partition coefficient (Wildman–Crippen LogP) is 9.39.